The Kier molecular flexibility index (Phi) is 2.95. The molecule has 2 heterocycles. The number of carbonyl (C=O) groups excluding carboxylic acids is 1. The lowest BCUT2D eigenvalue weighted by Crippen LogP contribution is -2.14. The van der Waals surface area contributed by atoms with Crippen LogP contribution in [0.1, 0.15) is 11.3 Å². The first-order valence-electron chi connectivity index (χ1n) is 4.93. The smallest absolute Gasteiger partial charge is 0.228 e. The van der Waals surface area contributed by atoms with Crippen LogP contribution in [-0.2, 0) is 11.2 Å². The molecule has 0 spiro atoms. The molecule has 0 fully saturated rings. The third-order valence-electron chi connectivity index (χ3n) is 2.10. The summed E-state index contributed by atoms with van der Waals surface area (Å²) in [6.07, 6.45) is 6.72. The maximum atomic E-state index is 11.6. The van der Waals surface area contributed by atoms with Crippen LogP contribution in [-0.4, -0.2) is 20.9 Å². The fraction of sp³-hybridized carbons (Fsp3) is 0.182. The van der Waals surface area contributed by atoms with E-state index in [2.05, 4.69) is 20.3 Å². The lowest BCUT2D eigenvalue weighted by molar-refractivity contribution is -0.115. The van der Waals surface area contributed by atoms with Gasteiger partial charge in [0.2, 0.25) is 5.91 Å². The van der Waals surface area contributed by atoms with Gasteiger partial charge in [-0.05, 0) is 18.6 Å². The van der Waals surface area contributed by atoms with Gasteiger partial charge in [0.05, 0.1) is 24.5 Å². The summed E-state index contributed by atoms with van der Waals surface area (Å²) in [4.78, 5) is 22.3. The van der Waals surface area contributed by atoms with Gasteiger partial charge in [-0.2, -0.15) is 0 Å². The van der Waals surface area contributed by atoms with Crippen LogP contribution in [0.3, 0.4) is 0 Å². The Labute approximate surface area is 92.9 Å². The molecule has 0 unspecified atom stereocenters. The highest BCUT2D eigenvalue weighted by atomic mass is 16.1. The molecule has 0 saturated carbocycles. The van der Waals surface area contributed by atoms with E-state index >= 15 is 0 Å². The van der Waals surface area contributed by atoms with Gasteiger partial charge >= 0.3 is 0 Å². The van der Waals surface area contributed by atoms with E-state index < -0.39 is 0 Å². The van der Waals surface area contributed by atoms with Gasteiger partial charge in [0.1, 0.15) is 6.33 Å². The monoisotopic (exact) mass is 216 g/mol. The molecule has 5 nitrogen and oxygen atoms in total. The number of anilines is 1. The highest BCUT2D eigenvalue weighted by Gasteiger charge is 2.05. The average Bonchev–Trinajstić information content (AvgIpc) is 2.65. The van der Waals surface area contributed by atoms with E-state index in [9.17, 15) is 4.79 Å². The Morgan fingerprint density at radius 2 is 2.19 bits per heavy atom. The second kappa shape index (κ2) is 4.57. The summed E-state index contributed by atoms with van der Waals surface area (Å²) in [6, 6.07) is 1.95. The van der Waals surface area contributed by atoms with Crippen LogP contribution >= 0.6 is 0 Å². The predicted octanol–water partition coefficient (Wildman–Crippen LogP) is 1.29. The summed E-state index contributed by atoms with van der Waals surface area (Å²) in [5, 5.41) is 2.72. The zero-order chi connectivity index (χ0) is 11.4. The topological polar surface area (TPSA) is 70.7 Å². The van der Waals surface area contributed by atoms with Crippen molar-refractivity contribution in [3.05, 3.63) is 42.2 Å². The zero-order valence-corrected chi connectivity index (χ0v) is 8.90. The highest BCUT2D eigenvalue weighted by molar-refractivity contribution is 5.91. The molecule has 82 valence electrons. The van der Waals surface area contributed by atoms with Crippen LogP contribution in [0.5, 0.6) is 0 Å². The van der Waals surface area contributed by atoms with Gasteiger partial charge in [-0.1, -0.05) is 0 Å². The maximum Gasteiger partial charge on any atom is 0.228 e. The lowest BCUT2D eigenvalue weighted by Gasteiger charge is -2.02. The standard InChI is InChI=1S/C11H12N4O/c1-8-2-9(4-14-8)3-11(16)15-10-5-12-7-13-6-10/h2,4-7,14H,3H2,1H3,(H,15,16). The minimum Gasteiger partial charge on any atom is -0.365 e. The second-order valence-electron chi connectivity index (χ2n) is 3.54. The molecule has 2 aromatic heterocycles. The normalized spacial score (nSPS) is 10.1. The molecule has 0 radical (unpaired) electrons. The number of aromatic amines is 1. The van der Waals surface area contributed by atoms with E-state index in [4.69, 9.17) is 0 Å². The van der Waals surface area contributed by atoms with Crippen molar-refractivity contribution in [2.24, 2.45) is 0 Å². The summed E-state index contributed by atoms with van der Waals surface area (Å²) >= 11 is 0. The molecule has 0 aliphatic carbocycles. The Bertz CT molecular complexity index is 478. The van der Waals surface area contributed by atoms with Crippen molar-refractivity contribution in [2.75, 3.05) is 5.32 Å². The highest BCUT2D eigenvalue weighted by Crippen LogP contribution is 2.06. The summed E-state index contributed by atoms with van der Waals surface area (Å²) in [7, 11) is 0. The van der Waals surface area contributed by atoms with Crippen LogP contribution < -0.4 is 5.32 Å². The predicted molar refractivity (Wildman–Crippen MR) is 59.9 cm³/mol. The Morgan fingerprint density at radius 1 is 1.44 bits per heavy atom. The van der Waals surface area contributed by atoms with Crippen molar-refractivity contribution >= 4 is 11.6 Å². The number of H-pyrrole nitrogens is 1. The van der Waals surface area contributed by atoms with Gasteiger partial charge in [-0.25, -0.2) is 9.97 Å². The van der Waals surface area contributed by atoms with Crippen molar-refractivity contribution in [3.8, 4) is 0 Å². The van der Waals surface area contributed by atoms with Crippen molar-refractivity contribution in [1.29, 1.82) is 0 Å². The first kappa shape index (κ1) is 10.4. The second-order valence-corrected chi connectivity index (χ2v) is 3.54. The van der Waals surface area contributed by atoms with Gasteiger partial charge in [-0.3, -0.25) is 4.79 Å². The van der Waals surface area contributed by atoms with E-state index in [-0.39, 0.29) is 5.91 Å². The molecule has 0 saturated heterocycles. The molecule has 0 atom stereocenters. The van der Waals surface area contributed by atoms with Crippen molar-refractivity contribution in [2.45, 2.75) is 13.3 Å². The summed E-state index contributed by atoms with van der Waals surface area (Å²) in [5.74, 6) is -0.0752. The number of aryl methyl sites for hydroxylation is 1. The summed E-state index contributed by atoms with van der Waals surface area (Å²) in [5.41, 5.74) is 2.62. The summed E-state index contributed by atoms with van der Waals surface area (Å²) < 4.78 is 0. The molecule has 2 rings (SSSR count). The molecule has 16 heavy (non-hydrogen) atoms. The summed E-state index contributed by atoms with van der Waals surface area (Å²) in [6.45, 7) is 1.95. The number of aromatic nitrogens is 3. The molecular formula is C11H12N4O. The lowest BCUT2D eigenvalue weighted by atomic mass is 10.2. The van der Waals surface area contributed by atoms with Gasteiger partial charge in [-0.15, -0.1) is 0 Å². The number of nitrogens with one attached hydrogen (secondary N) is 2. The molecule has 0 aliphatic rings. The Morgan fingerprint density at radius 3 is 2.81 bits per heavy atom. The SMILES string of the molecule is Cc1cc(CC(=O)Nc2cncnc2)c[nH]1. The first-order valence-corrected chi connectivity index (χ1v) is 4.93. The van der Waals surface area contributed by atoms with Gasteiger partial charge in [0.15, 0.2) is 0 Å². The number of amides is 1. The van der Waals surface area contributed by atoms with Crippen molar-refractivity contribution < 1.29 is 4.79 Å². The average molecular weight is 216 g/mol. The number of carbonyl (C=O) groups is 1. The third kappa shape index (κ3) is 2.66. The maximum absolute atomic E-state index is 11.6. The van der Waals surface area contributed by atoms with Gasteiger partial charge in [0, 0.05) is 11.9 Å². The Balaban J connectivity index is 1.95. The van der Waals surface area contributed by atoms with E-state index in [1.165, 1.54) is 6.33 Å². The van der Waals surface area contributed by atoms with E-state index in [1.807, 2.05) is 19.2 Å². The van der Waals surface area contributed by atoms with Crippen LogP contribution in [0, 0.1) is 6.92 Å². The van der Waals surface area contributed by atoms with E-state index in [0.717, 1.165) is 11.3 Å². The fourth-order valence-corrected chi connectivity index (χ4v) is 1.42. The van der Waals surface area contributed by atoms with E-state index in [1.54, 1.807) is 12.4 Å². The number of hydrogen-bond donors (Lipinski definition) is 2. The fourth-order valence-electron chi connectivity index (χ4n) is 1.42. The van der Waals surface area contributed by atoms with Crippen LogP contribution in [0.25, 0.3) is 0 Å². The zero-order valence-electron chi connectivity index (χ0n) is 8.90. The number of hydrogen-bond acceptors (Lipinski definition) is 3. The van der Waals surface area contributed by atoms with E-state index in [0.29, 0.717) is 12.1 Å². The largest absolute Gasteiger partial charge is 0.365 e. The molecule has 0 bridgehead atoms. The van der Waals surface area contributed by atoms with Gasteiger partial charge < -0.3 is 10.3 Å². The molecule has 1 amide bonds. The first-order chi connectivity index (χ1) is 7.74. The molecule has 2 N–H and O–H groups in total. The molecule has 0 aromatic carbocycles. The minimum atomic E-state index is -0.0752. The third-order valence-corrected chi connectivity index (χ3v) is 2.10. The quantitative estimate of drug-likeness (QED) is 0.812. The minimum absolute atomic E-state index is 0.0752. The van der Waals surface area contributed by atoms with Gasteiger partial charge in [0.25, 0.3) is 0 Å². The molecule has 2 aromatic rings. The van der Waals surface area contributed by atoms with Crippen LogP contribution in [0.15, 0.2) is 31.0 Å². The van der Waals surface area contributed by atoms with Crippen LogP contribution in [0.2, 0.25) is 0 Å². The Hall–Kier alpha value is -2.17. The van der Waals surface area contributed by atoms with Crippen molar-refractivity contribution in [3.63, 3.8) is 0 Å². The number of rotatable bonds is 3. The number of nitrogens with zero attached hydrogens (tertiary/aromatic N) is 2. The molecular weight excluding hydrogens is 204 g/mol. The van der Waals surface area contributed by atoms with Crippen molar-refractivity contribution in [1.82, 2.24) is 15.0 Å². The molecule has 5 heteroatoms. The van der Waals surface area contributed by atoms with Crippen LogP contribution in [0.4, 0.5) is 5.69 Å². The molecule has 0 aliphatic heterocycles.